The second-order valence-electron chi connectivity index (χ2n) is 6.35. The molecule has 5 rings (SSSR count). The van der Waals surface area contributed by atoms with Crippen molar-refractivity contribution < 1.29 is 9.26 Å². The second kappa shape index (κ2) is 8.70. The van der Waals surface area contributed by atoms with E-state index in [9.17, 15) is 0 Å². The first-order chi connectivity index (χ1) is 15.3. The maximum absolute atomic E-state index is 5.42. The topological polar surface area (TPSA) is 91.8 Å². The first-order valence-corrected chi connectivity index (χ1v) is 11.2. The summed E-state index contributed by atoms with van der Waals surface area (Å²) in [6.45, 7) is 0. The fraction of sp³-hybridized carbons (Fsp3) is 0.0952. The number of thiophene rings is 1. The lowest BCUT2D eigenvalue weighted by Crippen LogP contribution is -2.00. The molecule has 1 aromatic carbocycles. The Labute approximate surface area is 185 Å². The standard InChI is InChI=1S/C21H16N6O2S2/c1-28-16-6-4-15(5-7-16)27-20(14-8-10-22-11-9-14)24-25-21(27)31-13-18-23-19(26-29-18)17-3-2-12-30-17/h2-12H,13H2,1H3. The van der Waals surface area contributed by atoms with Crippen molar-refractivity contribution in [3.8, 4) is 33.5 Å². The molecule has 8 nitrogen and oxygen atoms in total. The van der Waals surface area contributed by atoms with Crippen LogP contribution >= 0.6 is 23.1 Å². The van der Waals surface area contributed by atoms with Crippen LogP contribution in [0, 0.1) is 0 Å². The Morgan fingerprint density at radius 2 is 1.90 bits per heavy atom. The van der Waals surface area contributed by atoms with E-state index < -0.39 is 0 Å². The van der Waals surface area contributed by atoms with Gasteiger partial charge >= 0.3 is 0 Å². The summed E-state index contributed by atoms with van der Waals surface area (Å²) < 4.78 is 12.7. The molecule has 154 valence electrons. The smallest absolute Gasteiger partial charge is 0.237 e. The zero-order valence-electron chi connectivity index (χ0n) is 16.4. The minimum atomic E-state index is 0.475. The van der Waals surface area contributed by atoms with E-state index in [0.29, 0.717) is 22.6 Å². The van der Waals surface area contributed by atoms with Gasteiger partial charge in [0.05, 0.1) is 17.7 Å². The lowest BCUT2D eigenvalue weighted by molar-refractivity contribution is 0.391. The van der Waals surface area contributed by atoms with E-state index in [1.165, 1.54) is 11.8 Å². The summed E-state index contributed by atoms with van der Waals surface area (Å²) in [5.74, 6) is 3.11. The van der Waals surface area contributed by atoms with Gasteiger partial charge in [0.25, 0.3) is 0 Å². The Hall–Kier alpha value is -3.50. The molecule has 0 aliphatic heterocycles. The molecule has 0 bridgehead atoms. The molecule has 5 aromatic rings. The lowest BCUT2D eigenvalue weighted by Gasteiger charge is -2.10. The summed E-state index contributed by atoms with van der Waals surface area (Å²) >= 11 is 3.05. The van der Waals surface area contributed by atoms with E-state index >= 15 is 0 Å². The molecule has 0 aliphatic rings. The van der Waals surface area contributed by atoms with Crippen LogP contribution in [0.4, 0.5) is 0 Å². The molecule has 31 heavy (non-hydrogen) atoms. The van der Waals surface area contributed by atoms with Crippen LogP contribution in [0.3, 0.4) is 0 Å². The minimum absolute atomic E-state index is 0.475. The largest absolute Gasteiger partial charge is 0.497 e. The Bertz CT molecular complexity index is 1270. The summed E-state index contributed by atoms with van der Waals surface area (Å²) in [5, 5.41) is 15.6. The summed E-state index contributed by atoms with van der Waals surface area (Å²) in [6.07, 6.45) is 3.47. The first kappa shape index (κ1) is 19.5. The number of nitrogens with zero attached hydrogens (tertiary/aromatic N) is 6. The molecular weight excluding hydrogens is 432 g/mol. The molecule has 0 atom stereocenters. The highest BCUT2D eigenvalue weighted by Crippen LogP contribution is 2.30. The summed E-state index contributed by atoms with van der Waals surface area (Å²) in [5.41, 5.74) is 1.84. The van der Waals surface area contributed by atoms with Crippen molar-refractivity contribution in [2.75, 3.05) is 7.11 Å². The first-order valence-electron chi connectivity index (χ1n) is 9.31. The normalized spacial score (nSPS) is 11.0. The zero-order valence-corrected chi connectivity index (χ0v) is 18.0. The van der Waals surface area contributed by atoms with Crippen LogP contribution in [-0.2, 0) is 5.75 Å². The van der Waals surface area contributed by atoms with Crippen molar-refractivity contribution in [3.63, 3.8) is 0 Å². The second-order valence-corrected chi connectivity index (χ2v) is 8.24. The van der Waals surface area contributed by atoms with Gasteiger partial charge in [0.2, 0.25) is 11.7 Å². The molecule has 0 saturated heterocycles. The lowest BCUT2D eigenvalue weighted by atomic mass is 10.2. The monoisotopic (exact) mass is 448 g/mol. The average Bonchev–Trinajstić information content (AvgIpc) is 3.59. The van der Waals surface area contributed by atoms with Crippen molar-refractivity contribution >= 4 is 23.1 Å². The molecule has 4 heterocycles. The predicted molar refractivity (Wildman–Crippen MR) is 118 cm³/mol. The van der Waals surface area contributed by atoms with Gasteiger partial charge < -0.3 is 9.26 Å². The van der Waals surface area contributed by atoms with Gasteiger partial charge in [-0.15, -0.1) is 21.5 Å². The molecule has 0 amide bonds. The Kier molecular flexibility index (Phi) is 5.46. The Morgan fingerprint density at radius 3 is 2.65 bits per heavy atom. The van der Waals surface area contributed by atoms with E-state index in [-0.39, 0.29) is 0 Å². The van der Waals surface area contributed by atoms with Crippen molar-refractivity contribution in [3.05, 3.63) is 72.2 Å². The molecule has 0 spiro atoms. The molecule has 0 saturated carbocycles. The SMILES string of the molecule is COc1ccc(-n2c(SCc3nc(-c4cccs4)no3)nnc2-c2ccncc2)cc1. The predicted octanol–water partition coefficient (Wildman–Crippen LogP) is 4.74. The number of hydrogen-bond donors (Lipinski definition) is 0. The molecule has 0 unspecified atom stereocenters. The number of ether oxygens (including phenoxy) is 1. The number of hydrogen-bond acceptors (Lipinski definition) is 9. The van der Waals surface area contributed by atoms with Crippen LogP contribution in [0.5, 0.6) is 5.75 Å². The zero-order chi connectivity index (χ0) is 21.0. The molecule has 10 heteroatoms. The van der Waals surface area contributed by atoms with Gasteiger partial charge in [-0.3, -0.25) is 9.55 Å². The van der Waals surface area contributed by atoms with Gasteiger partial charge in [-0.05, 0) is 47.8 Å². The quantitative estimate of drug-likeness (QED) is 0.330. The van der Waals surface area contributed by atoms with Gasteiger partial charge in [-0.1, -0.05) is 23.0 Å². The Morgan fingerprint density at radius 1 is 1.06 bits per heavy atom. The highest BCUT2D eigenvalue weighted by molar-refractivity contribution is 7.98. The average molecular weight is 449 g/mol. The number of aromatic nitrogens is 6. The Balaban J connectivity index is 1.46. The van der Waals surface area contributed by atoms with Crippen molar-refractivity contribution in [2.45, 2.75) is 10.9 Å². The molecule has 0 radical (unpaired) electrons. The van der Waals surface area contributed by atoms with Crippen LogP contribution in [0.15, 0.2) is 76.0 Å². The van der Waals surface area contributed by atoms with Gasteiger partial charge in [0.1, 0.15) is 5.75 Å². The molecule has 0 aliphatic carbocycles. The van der Waals surface area contributed by atoms with Crippen LogP contribution in [0.25, 0.3) is 27.8 Å². The summed E-state index contributed by atoms with van der Waals surface area (Å²) in [4.78, 5) is 9.56. The van der Waals surface area contributed by atoms with E-state index in [2.05, 4.69) is 25.3 Å². The van der Waals surface area contributed by atoms with Gasteiger partial charge in [-0.25, -0.2) is 0 Å². The molecular formula is C21H16N6O2S2. The highest BCUT2D eigenvalue weighted by Gasteiger charge is 2.18. The number of thioether (sulfide) groups is 1. The maximum atomic E-state index is 5.42. The van der Waals surface area contributed by atoms with Crippen molar-refractivity contribution in [1.29, 1.82) is 0 Å². The third-order valence-electron chi connectivity index (χ3n) is 4.44. The molecule has 0 N–H and O–H groups in total. The number of benzene rings is 1. The maximum Gasteiger partial charge on any atom is 0.237 e. The van der Waals surface area contributed by atoms with Crippen LogP contribution in [0.2, 0.25) is 0 Å². The van der Waals surface area contributed by atoms with E-state index in [1.54, 1.807) is 30.8 Å². The minimum Gasteiger partial charge on any atom is -0.497 e. The molecule has 0 fully saturated rings. The van der Waals surface area contributed by atoms with Crippen LogP contribution < -0.4 is 4.74 Å². The van der Waals surface area contributed by atoms with Crippen molar-refractivity contribution in [1.82, 2.24) is 29.9 Å². The number of rotatable bonds is 7. The van der Waals surface area contributed by atoms with Crippen molar-refractivity contribution in [2.24, 2.45) is 0 Å². The number of pyridine rings is 1. The molecule has 4 aromatic heterocycles. The van der Waals surface area contributed by atoms with E-state index in [0.717, 1.165) is 27.7 Å². The van der Waals surface area contributed by atoms with Gasteiger partial charge in [0, 0.05) is 23.6 Å². The summed E-state index contributed by atoms with van der Waals surface area (Å²) in [7, 11) is 1.65. The fourth-order valence-corrected chi connectivity index (χ4v) is 4.40. The van der Waals surface area contributed by atoms with Gasteiger partial charge in [-0.2, -0.15) is 4.98 Å². The number of methoxy groups -OCH3 is 1. The van der Waals surface area contributed by atoms with Crippen LogP contribution in [0.1, 0.15) is 5.89 Å². The van der Waals surface area contributed by atoms with Crippen LogP contribution in [-0.4, -0.2) is 37.0 Å². The van der Waals surface area contributed by atoms with E-state index in [4.69, 9.17) is 9.26 Å². The van der Waals surface area contributed by atoms with E-state index in [1.807, 2.05) is 58.5 Å². The third kappa shape index (κ3) is 4.07. The van der Waals surface area contributed by atoms with Gasteiger partial charge in [0.15, 0.2) is 11.0 Å². The third-order valence-corrected chi connectivity index (χ3v) is 6.22. The fourth-order valence-electron chi connectivity index (χ4n) is 2.96. The highest BCUT2D eigenvalue weighted by atomic mass is 32.2. The summed E-state index contributed by atoms with van der Waals surface area (Å²) in [6, 6.07) is 15.5.